The van der Waals surface area contributed by atoms with E-state index < -0.39 is 17.2 Å². The van der Waals surface area contributed by atoms with Gasteiger partial charge in [0.2, 0.25) is 5.91 Å². The molecule has 0 spiro atoms. The van der Waals surface area contributed by atoms with Crippen molar-refractivity contribution in [2.24, 2.45) is 7.05 Å². The minimum Gasteiger partial charge on any atom is -0.370 e. The number of amides is 1. The lowest BCUT2D eigenvalue weighted by Gasteiger charge is -2.43. The molecule has 3 aliphatic rings. The molecule has 3 saturated heterocycles. The number of halogens is 3. The number of aryl methyl sites for hydroxylation is 1. The van der Waals surface area contributed by atoms with Gasteiger partial charge in [-0.2, -0.15) is 18.4 Å². The molecule has 0 saturated carbocycles. The van der Waals surface area contributed by atoms with E-state index in [0.717, 1.165) is 61.6 Å². The Kier molecular flexibility index (Phi) is 6.37. The van der Waals surface area contributed by atoms with E-state index >= 15 is 0 Å². The average molecular weight is 549 g/mol. The molecule has 0 atom stereocenters. The Hall–Kier alpha value is -3.84. The maximum absolute atomic E-state index is 14.2. The van der Waals surface area contributed by atoms with Crippen LogP contribution in [-0.4, -0.2) is 58.6 Å². The molecule has 5 heterocycles. The summed E-state index contributed by atoms with van der Waals surface area (Å²) in [5.41, 5.74) is 1.18. The van der Waals surface area contributed by atoms with Gasteiger partial charge in [-0.1, -0.05) is 6.07 Å². The number of pyridine rings is 1. The van der Waals surface area contributed by atoms with Crippen LogP contribution in [0.15, 0.2) is 54.9 Å². The van der Waals surface area contributed by atoms with Crippen LogP contribution in [0.4, 0.5) is 18.9 Å². The molecule has 10 heteroatoms. The van der Waals surface area contributed by atoms with Gasteiger partial charge in [0.1, 0.15) is 6.07 Å². The normalized spacial score (nSPS) is 23.7. The fraction of sp³-hybridized carbons (Fsp3) is 0.433. The first-order chi connectivity index (χ1) is 19.1. The molecule has 0 aliphatic carbocycles. The molecule has 3 aliphatic heterocycles. The first-order valence-corrected chi connectivity index (χ1v) is 13.6. The van der Waals surface area contributed by atoms with Crippen molar-refractivity contribution in [2.45, 2.75) is 42.8 Å². The number of aromatic nitrogens is 2. The lowest BCUT2D eigenvalue weighted by atomic mass is 9.71. The fourth-order valence-corrected chi connectivity index (χ4v) is 6.66. The minimum atomic E-state index is -4.52. The molecule has 1 N–H and O–H groups in total. The summed E-state index contributed by atoms with van der Waals surface area (Å²) >= 11 is 0. The van der Waals surface area contributed by atoms with Gasteiger partial charge in [0, 0.05) is 52.2 Å². The number of nitrogens with zero attached hydrogens (tertiary/aromatic N) is 5. The summed E-state index contributed by atoms with van der Waals surface area (Å²) in [7, 11) is 1.96. The highest BCUT2D eigenvalue weighted by atomic mass is 19.4. The summed E-state index contributed by atoms with van der Waals surface area (Å²) in [5.74, 6) is -0.0164. The van der Waals surface area contributed by atoms with E-state index in [1.54, 1.807) is 6.20 Å². The van der Waals surface area contributed by atoms with Crippen LogP contribution in [0.25, 0.3) is 11.4 Å². The highest BCUT2D eigenvalue weighted by molar-refractivity contribution is 5.89. The molecule has 0 radical (unpaired) electrons. The van der Waals surface area contributed by atoms with Crippen molar-refractivity contribution < 1.29 is 18.0 Å². The number of benzene rings is 1. The van der Waals surface area contributed by atoms with Crippen molar-refractivity contribution in [3.63, 3.8) is 0 Å². The van der Waals surface area contributed by atoms with Crippen LogP contribution >= 0.6 is 0 Å². The number of carbonyl (C=O) groups is 1. The maximum atomic E-state index is 14.2. The third kappa shape index (κ3) is 4.52. The third-order valence-corrected chi connectivity index (χ3v) is 9.08. The Morgan fingerprint density at radius 2 is 1.80 bits per heavy atom. The number of fused-ring (bicyclic) bond motifs is 2. The van der Waals surface area contributed by atoms with Gasteiger partial charge in [-0.15, -0.1) is 0 Å². The van der Waals surface area contributed by atoms with Gasteiger partial charge in [-0.3, -0.25) is 9.78 Å². The smallest absolute Gasteiger partial charge is 0.370 e. The highest BCUT2D eigenvalue weighted by Gasteiger charge is 2.50. The lowest BCUT2D eigenvalue weighted by Crippen LogP contribution is -2.58. The van der Waals surface area contributed by atoms with Crippen molar-refractivity contribution in [1.29, 1.82) is 5.26 Å². The van der Waals surface area contributed by atoms with Crippen LogP contribution in [0.3, 0.4) is 0 Å². The van der Waals surface area contributed by atoms with Gasteiger partial charge in [0.25, 0.3) is 0 Å². The number of hydrogen-bond acceptors (Lipinski definition) is 5. The van der Waals surface area contributed by atoms with Gasteiger partial charge in [0.15, 0.2) is 0 Å². The first-order valence-electron chi connectivity index (χ1n) is 13.6. The van der Waals surface area contributed by atoms with Crippen LogP contribution in [0.2, 0.25) is 0 Å². The van der Waals surface area contributed by atoms with Crippen LogP contribution in [-0.2, 0) is 23.4 Å². The quantitative estimate of drug-likeness (QED) is 0.509. The SMILES string of the molecule is Cn1cccc1-c1ccc(C2(C(=O)NC34CCN(CC3)C4)CCN(c3ccc(C(F)(F)F)cc3C#N)CC2)cn1. The zero-order valence-electron chi connectivity index (χ0n) is 22.3. The van der Waals surface area contributed by atoms with Crippen LogP contribution in [0.1, 0.15) is 42.4 Å². The summed E-state index contributed by atoms with van der Waals surface area (Å²) in [6, 6.07) is 13.1. The number of rotatable bonds is 5. The van der Waals surface area contributed by atoms with Crippen molar-refractivity contribution in [1.82, 2.24) is 19.8 Å². The Balaban J connectivity index is 1.30. The molecule has 0 unspecified atom stereocenters. The minimum absolute atomic E-state index is 0.0164. The summed E-state index contributed by atoms with van der Waals surface area (Å²) in [4.78, 5) is 23.2. The molecule has 3 aromatic rings. The second-order valence-corrected chi connectivity index (χ2v) is 11.4. The second-order valence-electron chi connectivity index (χ2n) is 11.4. The molecule has 1 amide bonds. The van der Waals surface area contributed by atoms with E-state index in [0.29, 0.717) is 31.6 Å². The van der Waals surface area contributed by atoms with Gasteiger partial charge < -0.3 is 19.7 Å². The highest BCUT2D eigenvalue weighted by Crippen LogP contribution is 2.41. The van der Waals surface area contributed by atoms with E-state index in [1.807, 2.05) is 53.0 Å². The van der Waals surface area contributed by atoms with Crippen molar-refractivity contribution >= 4 is 11.6 Å². The summed E-state index contributed by atoms with van der Waals surface area (Å²) < 4.78 is 41.7. The molecule has 2 aromatic heterocycles. The van der Waals surface area contributed by atoms with E-state index in [9.17, 15) is 23.2 Å². The van der Waals surface area contributed by atoms with E-state index in [-0.39, 0.29) is 17.0 Å². The fourth-order valence-electron chi connectivity index (χ4n) is 6.66. The second kappa shape index (κ2) is 9.66. The Labute approximate surface area is 231 Å². The molecule has 1 aromatic carbocycles. The Bertz CT molecular complexity index is 1460. The summed E-state index contributed by atoms with van der Waals surface area (Å²) in [6.45, 7) is 3.68. The van der Waals surface area contributed by atoms with E-state index in [2.05, 4.69) is 10.2 Å². The predicted octanol–water partition coefficient (Wildman–Crippen LogP) is 4.48. The van der Waals surface area contributed by atoms with E-state index in [1.165, 1.54) is 6.07 Å². The molecule has 208 valence electrons. The molecule has 7 nitrogen and oxygen atoms in total. The topological polar surface area (TPSA) is 77.2 Å². The average Bonchev–Trinajstić information content (AvgIpc) is 3.68. The number of nitriles is 1. The molecule has 2 bridgehead atoms. The van der Waals surface area contributed by atoms with E-state index in [4.69, 9.17) is 4.98 Å². The maximum Gasteiger partial charge on any atom is 0.416 e. The number of hydrogen-bond donors (Lipinski definition) is 1. The van der Waals surface area contributed by atoms with Crippen LogP contribution in [0.5, 0.6) is 0 Å². The molecule has 6 rings (SSSR count). The third-order valence-electron chi connectivity index (χ3n) is 9.08. The molecular weight excluding hydrogens is 517 g/mol. The Morgan fingerprint density at radius 3 is 2.35 bits per heavy atom. The zero-order chi connectivity index (χ0) is 28.1. The number of alkyl halides is 3. The molecular formula is C30H31F3N6O. The van der Waals surface area contributed by atoms with Gasteiger partial charge in [-0.25, -0.2) is 0 Å². The number of piperidine rings is 2. The number of nitrogens with one attached hydrogen (secondary N) is 1. The molecule has 40 heavy (non-hydrogen) atoms. The largest absolute Gasteiger partial charge is 0.416 e. The van der Waals surface area contributed by atoms with Crippen LogP contribution < -0.4 is 10.2 Å². The van der Waals surface area contributed by atoms with Gasteiger partial charge in [0.05, 0.1) is 39.2 Å². The van der Waals surface area contributed by atoms with Gasteiger partial charge in [-0.05, 0) is 67.6 Å². The first kappa shape index (κ1) is 26.4. The summed E-state index contributed by atoms with van der Waals surface area (Å²) in [6.07, 6.45) is 2.01. The van der Waals surface area contributed by atoms with Crippen LogP contribution in [0, 0.1) is 11.3 Å². The lowest BCUT2D eigenvalue weighted by molar-refractivity contribution is -0.137. The number of carbonyl (C=O) groups excluding carboxylic acids is 1. The predicted molar refractivity (Wildman–Crippen MR) is 144 cm³/mol. The van der Waals surface area contributed by atoms with Crippen molar-refractivity contribution in [2.75, 3.05) is 37.6 Å². The number of anilines is 1. The Morgan fingerprint density at radius 1 is 1.05 bits per heavy atom. The van der Waals surface area contributed by atoms with Gasteiger partial charge >= 0.3 is 6.18 Å². The molecule has 3 fully saturated rings. The zero-order valence-corrected chi connectivity index (χ0v) is 22.3. The van der Waals surface area contributed by atoms with Crippen molar-refractivity contribution in [3.05, 3.63) is 71.5 Å². The van der Waals surface area contributed by atoms with Crippen molar-refractivity contribution in [3.8, 4) is 17.5 Å². The monoisotopic (exact) mass is 548 g/mol. The standard InChI is InChI=1S/C30H31F3N6O/c1-37-12-2-3-26(37)24-6-4-23(19-35-24)29(27(40)36-28-8-13-38(20-28)14-9-28)10-15-39(16-11-29)25-7-5-22(30(31,32)33)17-21(25)18-34/h2-7,12,17,19H,8-11,13-16,20H2,1H3,(H,36,40). The summed E-state index contributed by atoms with van der Waals surface area (Å²) in [5, 5.41) is 13.1.